The van der Waals surface area contributed by atoms with E-state index in [4.69, 9.17) is 11.1 Å². The van der Waals surface area contributed by atoms with E-state index in [9.17, 15) is 14.5 Å². The maximum absolute atomic E-state index is 13.2. The highest BCUT2D eigenvalue weighted by Crippen LogP contribution is 2.31. The standard InChI is InChI=1S/C14H12FN3O2S/c15-10-6-5-9(11(7-10)14(16)17)8-21-13-4-2-1-3-12(13)18(19)20/h1-7H,8H2,(H3,16,17). The molecule has 0 aliphatic carbocycles. The minimum Gasteiger partial charge on any atom is -0.384 e. The van der Waals surface area contributed by atoms with Crippen molar-refractivity contribution >= 4 is 23.3 Å². The van der Waals surface area contributed by atoms with Crippen LogP contribution < -0.4 is 5.73 Å². The van der Waals surface area contributed by atoms with Crippen LogP contribution >= 0.6 is 11.8 Å². The van der Waals surface area contributed by atoms with Crippen LogP contribution in [0.15, 0.2) is 47.4 Å². The number of nitrogen functional groups attached to an aromatic ring is 1. The zero-order valence-electron chi connectivity index (χ0n) is 10.9. The number of benzene rings is 2. The maximum Gasteiger partial charge on any atom is 0.282 e. The second kappa shape index (κ2) is 6.36. The lowest BCUT2D eigenvalue weighted by molar-refractivity contribution is -0.387. The van der Waals surface area contributed by atoms with Crippen LogP contribution in [-0.2, 0) is 5.75 Å². The molecule has 0 bridgehead atoms. The Morgan fingerprint density at radius 1 is 1.33 bits per heavy atom. The van der Waals surface area contributed by atoms with Gasteiger partial charge in [0.1, 0.15) is 11.7 Å². The molecule has 0 heterocycles. The van der Waals surface area contributed by atoms with Gasteiger partial charge in [0, 0.05) is 17.4 Å². The smallest absolute Gasteiger partial charge is 0.282 e. The summed E-state index contributed by atoms with van der Waals surface area (Å²) < 4.78 is 13.2. The summed E-state index contributed by atoms with van der Waals surface area (Å²) in [7, 11) is 0. The zero-order chi connectivity index (χ0) is 15.4. The van der Waals surface area contributed by atoms with Crippen LogP contribution in [0, 0.1) is 21.3 Å². The molecule has 2 aromatic carbocycles. The van der Waals surface area contributed by atoms with E-state index in [1.807, 2.05) is 0 Å². The summed E-state index contributed by atoms with van der Waals surface area (Å²) in [5.41, 5.74) is 6.42. The maximum atomic E-state index is 13.2. The van der Waals surface area contributed by atoms with Crippen LogP contribution in [0.1, 0.15) is 11.1 Å². The van der Waals surface area contributed by atoms with E-state index in [0.29, 0.717) is 21.8 Å². The second-order valence-electron chi connectivity index (χ2n) is 4.23. The Bertz CT molecular complexity index is 706. The van der Waals surface area contributed by atoms with Crippen molar-refractivity contribution in [3.8, 4) is 0 Å². The first-order valence-corrected chi connectivity index (χ1v) is 6.96. The number of nitrogens with one attached hydrogen (secondary N) is 1. The fourth-order valence-corrected chi connectivity index (χ4v) is 2.84. The number of nitrogens with two attached hydrogens (primary N) is 1. The molecule has 0 aliphatic heterocycles. The molecule has 0 radical (unpaired) electrons. The number of amidine groups is 1. The van der Waals surface area contributed by atoms with Gasteiger partial charge < -0.3 is 5.73 Å². The minimum absolute atomic E-state index is 0.0222. The fourth-order valence-electron chi connectivity index (χ4n) is 1.81. The third-order valence-electron chi connectivity index (χ3n) is 2.81. The quantitative estimate of drug-likeness (QED) is 0.291. The van der Waals surface area contributed by atoms with E-state index in [1.54, 1.807) is 18.2 Å². The summed E-state index contributed by atoms with van der Waals surface area (Å²) in [6, 6.07) is 10.4. The fraction of sp³-hybridized carbons (Fsp3) is 0.0714. The molecular formula is C14H12FN3O2S. The van der Waals surface area contributed by atoms with Crippen molar-refractivity contribution in [2.75, 3.05) is 0 Å². The van der Waals surface area contributed by atoms with Crippen LogP contribution in [0.2, 0.25) is 0 Å². The van der Waals surface area contributed by atoms with Crippen LogP contribution in [0.25, 0.3) is 0 Å². The molecule has 0 amide bonds. The first kappa shape index (κ1) is 15.0. The first-order chi connectivity index (χ1) is 9.99. The van der Waals surface area contributed by atoms with Gasteiger partial charge in [0.05, 0.1) is 9.82 Å². The van der Waals surface area contributed by atoms with Gasteiger partial charge in [0.25, 0.3) is 5.69 Å². The topological polar surface area (TPSA) is 93.0 Å². The lowest BCUT2D eigenvalue weighted by Gasteiger charge is -2.08. The van der Waals surface area contributed by atoms with Gasteiger partial charge in [-0.3, -0.25) is 15.5 Å². The molecule has 2 rings (SSSR count). The van der Waals surface area contributed by atoms with Crippen molar-refractivity contribution < 1.29 is 9.31 Å². The number of nitro groups is 1. The predicted molar refractivity (Wildman–Crippen MR) is 80.1 cm³/mol. The van der Waals surface area contributed by atoms with Gasteiger partial charge in [-0.25, -0.2) is 4.39 Å². The SMILES string of the molecule is N=C(N)c1cc(F)ccc1CSc1ccccc1[N+](=O)[O-]. The van der Waals surface area contributed by atoms with E-state index < -0.39 is 10.7 Å². The van der Waals surface area contributed by atoms with Gasteiger partial charge in [0.15, 0.2) is 0 Å². The monoisotopic (exact) mass is 305 g/mol. The molecule has 2 aromatic rings. The Kier molecular flexibility index (Phi) is 4.54. The summed E-state index contributed by atoms with van der Waals surface area (Å²) in [5.74, 6) is -0.340. The highest BCUT2D eigenvalue weighted by atomic mass is 32.2. The molecule has 0 atom stereocenters. The molecule has 108 valence electrons. The number of hydrogen-bond acceptors (Lipinski definition) is 4. The number of halogens is 1. The van der Waals surface area contributed by atoms with Gasteiger partial charge in [-0.2, -0.15) is 0 Å². The molecule has 0 fully saturated rings. The second-order valence-corrected chi connectivity index (χ2v) is 5.25. The van der Waals surface area contributed by atoms with E-state index in [1.165, 1.54) is 36.0 Å². The van der Waals surface area contributed by atoms with Gasteiger partial charge in [-0.15, -0.1) is 11.8 Å². The highest BCUT2D eigenvalue weighted by Gasteiger charge is 2.14. The summed E-state index contributed by atoms with van der Waals surface area (Å²) in [5, 5.41) is 18.4. The molecule has 0 aliphatic rings. The molecule has 3 N–H and O–H groups in total. The van der Waals surface area contributed by atoms with E-state index in [2.05, 4.69) is 0 Å². The van der Waals surface area contributed by atoms with Gasteiger partial charge in [0.2, 0.25) is 0 Å². The Morgan fingerprint density at radius 3 is 2.71 bits per heavy atom. The Balaban J connectivity index is 2.25. The summed E-state index contributed by atoms with van der Waals surface area (Å²) in [6.07, 6.45) is 0. The molecule has 7 heteroatoms. The van der Waals surface area contributed by atoms with Crippen molar-refractivity contribution in [2.24, 2.45) is 5.73 Å². The number of nitro benzene ring substituents is 1. The van der Waals surface area contributed by atoms with Crippen molar-refractivity contribution in [1.29, 1.82) is 5.41 Å². The lowest BCUT2D eigenvalue weighted by Crippen LogP contribution is -2.13. The van der Waals surface area contributed by atoms with Crippen LogP contribution in [0.4, 0.5) is 10.1 Å². The lowest BCUT2D eigenvalue weighted by atomic mass is 10.1. The third-order valence-corrected chi connectivity index (χ3v) is 3.92. The third kappa shape index (κ3) is 3.57. The minimum atomic E-state index is -0.473. The molecule has 0 aromatic heterocycles. The van der Waals surface area contributed by atoms with Gasteiger partial charge in [-0.1, -0.05) is 18.2 Å². The van der Waals surface area contributed by atoms with Crippen LogP contribution in [0.5, 0.6) is 0 Å². The van der Waals surface area contributed by atoms with Crippen molar-refractivity contribution in [1.82, 2.24) is 0 Å². The van der Waals surface area contributed by atoms with Crippen molar-refractivity contribution in [3.05, 3.63) is 69.5 Å². The number of para-hydroxylation sites is 1. The molecule has 21 heavy (non-hydrogen) atoms. The molecular weight excluding hydrogens is 293 g/mol. The number of rotatable bonds is 5. The summed E-state index contributed by atoms with van der Waals surface area (Å²) >= 11 is 1.25. The van der Waals surface area contributed by atoms with E-state index in [0.717, 1.165) is 0 Å². The van der Waals surface area contributed by atoms with E-state index >= 15 is 0 Å². The normalized spacial score (nSPS) is 10.3. The summed E-state index contributed by atoms with van der Waals surface area (Å²) in [6.45, 7) is 0. The summed E-state index contributed by atoms with van der Waals surface area (Å²) in [4.78, 5) is 11.0. The molecule has 5 nitrogen and oxygen atoms in total. The van der Waals surface area contributed by atoms with Gasteiger partial charge in [-0.05, 0) is 23.8 Å². The average Bonchev–Trinajstić information content (AvgIpc) is 2.46. The number of thioether (sulfide) groups is 1. The van der Waals surface area contributed by atoms with Gasteiger partial charge >= 0.3 is 0 Å². The highest BCUT2D eigenvalue weighted by molar-refractivity contribution is 7.98. The van der Waals surface area contributed by atoms with Crippen LogP contribution in [0.3, 0.4) is 0 Å². The molecule has 0 saturated carbocycles. The largest absolute Gasteiger partial charge is 0.384 e. The number of nitrogens with zero attached hydrogens (tertiary/aromatic N) is 1. The predicted octanol–water partition coefficient (Wildman–Crippen LogP) is 3.31. The van der Waals surface area contributed by atoms with Crippen molar-refractivity contribution in [3.63, 3.8) is 0 Å². The zero-order valence-corrected chi connectivity index (χ0v) is 11.7. The Labute approximate surface area is 124 Å². The Hall–Kier alpha value is -2.41. The van der Waals surface area contributed by atoms with E-state index in [-0.39, 0.29) is 11.5 Å². The molecule has 0 unspecified atom stereocenters. The first-order valence-electron chi connectivity index (χ1n) is 5.98. The molecule has 0 saturated heterocycles. The molecule has 0 spiro atoms. The average molecular weight is 305 g/mol. The Morgan fingerprint density at radius 2 is 2.05 bits per heavy atom. The number of hydrogen-bond donors (Lipinski definition) is 2. The van der Waals surface area contributed by atoms with Crippen LogP contribution in [-0.4, -0.2) is 10.8 Å². The van der Waals surface area contributed by atoms with Crippen molar-refractivity contribution in [2.45, 2.75) is 10.6 Å².